The largest absolute Gasteiger partial charge is 0.444 e. The molecule has 2 aromatic rings. The molecule has 30 heavy (non-hydrogen) atoms. The number of halogens is 1. The maximum atomic E-state index is 13.1. The summed E-state index contributed by atoms with van der Waals surface area (Å²) in [5.41, 5.74) is 1.55. The van der Waals surface area contributed by atoms with E-state index >= 15 is 0 Å². The smallest absolute Gasteiger partial charge is 0.411 e. The van der Waals surface area contributed by atoms with E-state index in [1.54, 1.807) is 17.0 Å². The van der Waals surface area contributed by atoms with Gasteiger partial charge in [-0.15, -0.1) is 0 Å². The first-order chi connectivity index (χ1) is 14.1. The van der Waals surface area contributed by atoms with E-state index < -0.39 is 23.6 Å². The predicted molar refractivity (Wildman–Crippen MR) is 109 cm³/mol. The molecule has 158 valence electrons. The fourth-order valence-corrected chi connectivity index (χ4v) is 3.89. The monoisotopic (exact) mass is 412 g/mol. The van der Waals surface area contributed by atoms with Crippen LogP contribution in [0.1, 0.15) is 39.2 Å². The van der Waals surface area contributed by atoms with E-state index in [0.717, 1.165) is 24.4 Å². The Morgan fingerprint density at radius 1 is 1.20 bits per heavy atom. The molecule has 4 rings (SSSR count). The van der Waals surface area contributed by atoms with Gasteiger partial charge in [-0.2, -0.15) is 0 Å². The summed E-state index contributed by atoms with van der Waals surface area (Å²) >= 11 is 0. The maximum Gasteiger partial charge on any atom is 0.411 e. The second-order valence-electron chi connectivity index (χ2n) is 8.95. The van der Waals surface area contributed by atoms with Gasteiger partial charge in [0, 0.05) is 17.3 Å². The number of anilines is 1. The molecular formula is C22H25FN4O3. The third kappa shape index (κ3) is 4.13. The summed E-state index contributed by atoms with van der Waals surface area (Å²) in [4.78, 5) is 35.3. The first-order valence-corrected chi connectivity index (χ1v) is 10.0. The topological polar surface area (TPSA) is 84.4 Å². The number of nitrogens with one attached hydrogen (secondary N) is 1. The molecule has 0 bridgehead atoms. The summed E-state index contributed by atoms with van der Waals surface area (Å²) in [5.74, 6) is -0.0252. The van der Waals surface area contributed by atoms with Crippen molar-refractivity contribution in [2.45, 2.75) is 58.2 Å². The standard InChI is InChI=1S/C22H25FN4O3/c1-12-5-6-15(9-16(12)19-24-10-14(23)11-25-19)26-20(28)18-8-13-7-17(13)27(18)21(29)30-22(2,3)4/h5-6,9-11,13,17-18H,7-8H2,1-4H3,(H,26,28)/t13-,17-,18-/m1/s1. The van der Waals surface area contributed by atoms with Crippen molar-refractivity contribution >= 4 is 17.7 Å². The number of fused-ring (bicyclic) bond motifs is 1. The van der Waals surface area contributed by atoms with E-state index in [1.807, 2.05) is 33.8 Å². The highest BCUT2D eigenvalue weighted by Gasteiger charge is 2.57. The molecule has 2 amide bonds. The number of hydrogen-bond donors (Lipinski definition) is 1. The molecule has 8 heteroatoms. The van der Waals surface area contributed by atoms with Crippen molar-refractivity contribution < 1.29 is 18.7 Å². The van der Waals surface area contributed by atoms with Crippen LogP contribution in [0.2, 0.25) is 0 Å². The number of amides is 2. The molecule has 1 saturated heterocycles. The molecule has 7 nitrogen and oxygen atoms in total. The molecule has 1 aliphatic carbocycles. The predicted octanol–water partition coefficient (Wildman–Crippen LogP) is 3.93. The van der Waals surface area contributed by atoms with Crippen molar-refractivity contribution in [2.75, 3.05) is 5.32 Å². The molecule has 2 heterocycles. The van der Waals surface area contributed by atoms with Crippen LogP contribution < -0.4 is 5.32 Å². The molecule has 2 fully saturated rings. The highest BCUT2D eigenvalue weighted by Crippen LogP contribution is 2.48. The van der Waals surface area contributed by atoms with Gasteiger partial charge in [-0.05, 0) is 64.2 Å². The van der Waals surface area contributed by atoms with Gasteiger partial charge < -0.3 is 10.1 Å². The third-order valence-corrected chi connectivity index (χ3v) is 5.38. The number of likely N-dealkylation sites (tertiary alicyclic amines) is 1. The van der Waals surface area contributed by atoms with Crippen LogP contribution >= 0.6 is 0 Å². The first-order valence-electron chi connectivity index (χ1n) is 10.0. The number of rotatable bonds is 3. The minimum atomic E-state index is -0.619. The Kier molecular flexibility index (Phi) is 4.95. The van der Waals surface area contributed by atoms with Gasteiger partial charge in [-0.3, -0.25) is 9.69 Å². The van der Waals surface area contributed by atoms with Crippen molar-refractivity contribution in [3.8, 4) is 11.4 Å². The lowest BCUT2D eigenvalue weighted by molar-refractivity contribution is -0.120. The van der Waals surface area contributed by atoms with E-state index in [0.29, 0.717) is 29.4 Å². The number of piperidine rings is 1. The Morgan fingerprint density at radius 2 is 1.90 bits per heavy atom. The SMILES string of the molecule is Cc1ccc(NC(=O)[C@H]2C[C@H]3C[C@H]3N2C(=O)OC(C)(C)C)cc1-c1ncc(F)cn1. The second-order valence-corrected chi connectivity index (χ2v) is 8.95. The molecule has 1 aliphatic heterocycles. The zero-order valence-electron chi connectivity index (χ0n) is 17.5. The van der Waals surface area contributed by atoms with Gasteiger partial charge in [0.15, 0.2) is 11.6 Å². The van der Waals surface area contributed by atoms with E-state index in [1.165, 1.54) is 0 Å². The van der Waals surface area contributed by atoms with Gasteiger partial charge in [0.05, 0.1) is 12.4 Å². The zero-order valence-corrected chi connectivity index (χ0v) is 17.5. The van der Waals surface area contributed by atoms with Gasteiger partial charge in [0.1, 0.15) is 11.6 Å². The summed E-state index contributed by atoms with van der Waals surface area (Å²) in [6, 6.07) is 4.91. The number of aromatic nitrogens is 2. The van der Waals surface area contributed by atoms with Crippen molar-refractivity contribution in [1.82, 2.24) is 14.9 Å². The number of nitrogens with zero attached hydrogens (tertiary/aromatic N) is 3. The van der Waals surface area contributed by atoms with Crippen LogP contribution in [0.4, 0.5) is 14.9 Å². The lowest BCUT2D eigenvalue weighted by atomic mass is 10.1. The Hall–Kier alpha value is -3.03. The molecule has 1 N–H and O–H groups in total. The Labute approximate surface area is 174 Å². The second kappa shape index (κ2) is 7.34. The molecule has 1 aromatic heterocycles. The Balaban J connectivity index is 1.51. The normalized spacial score (nSPS) is 22.4. The van der Waals surface area contributed by atoms with Gasteiger partial charge in [0.25, 0.3) is 0 Å². The van der Waals surface area contributed by atoms with Crippen molar-refractivity contribution in [1.29, 1.82) is 0 Å². The quantitative estimate of drug-likeness (QED) is 0.826. The molecule has 3 atom stereocenters. The van der Waals surface area contributed by atoms with E-state index in [9.17, 15) is 14.0 Å². The summed E-state index contributed by atoms with van der Waals surface area (Å²) in [7, 11) is 0. The van der Waals surface area contributed by atoms with Crippen molar-refractivity contribution in [3.63, 3.8) is 0 Å². The first kappa shape index (κ1) is 20.3. The maximum absolute atomic E-state index is 13.1. The number of hydrogen-bond acceptors (Lipinski definition) is 5. The Morgan fingerprint density at radius 3 is 2.57 bits per heavy atom. The van der Waals surface area contributed by atoms with Gasteiger partial charge in [-0.1, -0.05) is 6.07 Å². The van der Waals surface area contributed by atoms with Gasteiger partial charge in [-0.25, -0.2) is 19.2 Å². The van der Waals surface area contributed by atoms with Crippen LogP contribution in [-0.2, 0) is 9.53 Å². The number of carbonyl (C=O) groups excluding carboxylic acids is 2. The molecule has 1 aromatic carbocycles. The van der Waals surface area contributed by atoms with Crippen LogP contribution in [0.5, 0.6) is 0 Å². The van der Waals surface area contributed by atoms with Crippen LogP contribution in [-0.4, -0.2) is 44.6 Å². The number of ether oxygens (including phenoxy) is 1. The van der Waals surface area contributed by atoms with Crippen LogP contribution in [0.25, 0.3) is 11.4 Å². The molecule has 0 unspecified atom stereocenters. The molecule has 0 radical (unpaired) electrons. The number of aryl methyl sites for hydroxylation is 1. The average Bonchev–Trinajstić information content (AvgIpc) is 3.32. The highest BCUT2D eigenvalue weighted by molar-refractivity contribution is 5.97. The van der Waals surface area contributed by atoms with E-state index in [-0.39, 0.29) is 11.9 Å². The summed E-state index contributed by atoms with van der Waals surface area (Å²) in [6.07, 6.45) is 3.32. The van der Waals surface area contributed by atoms with E-state index in [4.69, 9.17) is 4.74 Å². The third-order valence-electron chi connectivity index (χ3n) is 5.38. The Bertz CT molecular complexity index is 987. The molecule has 1 saturated carbocycles. The summed E-state index contributed by atoms with van der Waals surface area (Å²) in [5, 5.41) is 2.90. The molecule has 2 aliphatic rings. The molecular weight excluding hydrogens is 387 g/mol. The van der Waals surface area contributed by atoms with Crippen LogP contribution in [0.3, 0.4) is 0 Å². The van der Waals surface area contributed by atoms with Crippen LogP contribution in [0.15, 0.2) is 30.6 Å². The highest BCUT2D eigenvalue weighted by atomic mass is 19.1. The zero-order chi connectivity index (χ0) is 21.6. The van der Waals surface area contributed by atoms with Crippen LogP contribution in [0, 0.1) is 18.7 Å². The minimum Gasteiger partial charge on any atom is -0.444 e. The fraction of sp³-hybridized carbons (Fsp3) is 0.455. The van der Waals surface area contributed by atoms with Crippen molar-refractivity contribution in [2.24, 2.45) is 5.92 Å². The number of carbonyl (C=O) groups is 2. The lowest BCUT2D eigenvalue weighted by Crippen LogP contribution is -2.47. The lowest BCUT2D eigenvalue weighted by Gasteiger charge is -2.30. The average molecular weight is 412 g/mol. The van der Waals surface area contributed by atoms with Crippen molar-refractivity contribution in [3.05, 3.63) is 42.0 Å². The minimum absolute atomic E-state index is 0.0804. The summed E-state index contributed by atoms with van der Waals surface area (Å²) in [6.45, 7) is 7.33. The fourth-order valence-electron chi connectivity index (χ4n) is 3.89. The summed E-state index contributed by atoms with van der Waals surface area (Å²) < 4.78 is 18.7. The molecule has 0 spiro atoms. The van der Waals surface area contributed by atoms with Gasteiger partial charge in [0.2, 0.25) is 5.91 Å². The van der Waals surface area contributed by atoms with E-state index in [2.05, 4.69) is 15.3 Å². The van der Waals surface area contributed by atoms with Gasteiger partial charge >= 0.3 is 6.09 Å². The number of benzene rings is 1.